The second-order valence-electron chi connectivity index (χ2n) is 7.03. The lowest BCUT2D eigenvalue weighted by molar-refractivity contribution is -0.116. The average molecular weight is 367 g/mol. The number of carbonyl (C=O) groups excluding carboxylic acids is 1. The van der Waals surface area contributed by atoms with Crippen LogP contribution < -0.4 is 20.3 Å². The van der Waals surface area contributed by atoms with Gasteiger partial charge >= 0.3 is 0 Å². The lowest BCUT2D eigenvalue weighted by Gasteiger charge is -2.34. The van der Waals surface area contributed by atoms with Crippen LogP contribution in [0.3, 0.4) is 0 Å². The molecule has 0 radical (unpaired) electrons. The van der Waals surface area contributed by atoms with Crippen LogP contribution in [0.2, 0.25) is 0 Å². The largest absolute Gasteiger partial charge is 0.497 e. The molecular formula is C22H29N3O2. The molecule has 1 saturated heterocycles. The van der Waals surface area contributed by atoms with Gasteiger partial charge in [-0.2, -0.15) is 0 Å². The molecule has 144 valence electrons. The number of hydrogen-bond acceptors (Lipinski definition) is 4. The molecule has 2 N–H and O–H groups in total. The number of benzene rings is 2. The van der Waals surface area contributed by atoms with E-state index in [0.717, 1.165) is 42.9 Å². The van der Waals surface area contributed by atoms with Crippen molar-refractivity contribution in [3.8, 4) is 5.75 Å². The third kappa shape index (κ3) is 5.47. The van der Waals surface area contributed by atoms with Gasteiger partial charge < -0.3 is 20.3 Å². The van der Waals surface area contributed by atoms with E-state index in [4.69, 9.17) is 4.74 Å². The van der Waals surface area contributed by atoms with Crippen molar-refractivity contribution in [1.29, 1.82) is 0 Å². The van der Waals surface area contributed by atoms with Crippen LogP contribution in [0.15, 0.2) is 48.5 Å². The van der Waals surface area contributed by atoms with E-state index in [1.54, 1.807) is 7.11 Å². The number of piperidine rings is 1. The summed E-state index contributed by atoms with van der Waals surface area (Å²) in [5.41, 5.74) is 3.20. The van der Waals surface area contributed by atoms with Gasteiger partial charge in [-0.1, -0.05) is 24.3 Å². The molecular weight excluding hydrogens is 338 g/mol. The van der Waals surface area contributed by atoms with Crippen molar-refractivity contribution in [3.05, 3.63) is 54.1 Å². The van der Waals surface area contributed by atoms with Gasteiger partial charge in [0.25, 0.3) is 0 Å². The predicted molar refractivity (Wildman–Crippen MR) is 111 cm³/mol. The number of nitrogens with zero attached hydrogens (tertiary/aromatic N) is 1. The Labute approximate surface area is 161 Å². The fourth-order valence-corrected chi connectivity index (χ4v) is 3.46. The van der Waals surface area contributed by atoms with Gasteiger partial charge in [-0.05, 0) is 43.5 Å². The van der Waals surface area contributed by atoms with E-state index in [-0.39, 0.29) is 5.91 Å². The molecule has 2 aromatic carbocycles. The summed E-state index contributed by atoms with van der Waals surface area (Å²) in [6.45, 7) is 4.74. The molecule has 1 aliphatic heterocycles. The lowest BCUT2D eigenvalue weighted by Crippen LogP contribution is -2.43. The molecule has 0 bridgehead atoms. The minimum atomic E-state index is 0.0608. The molecule has 5 heteroatoms. The van der Waals surface area contributed by atoms with Gasteiger partial charge in [-0.3, -0.25) is 4.79 Å². The molecule has 1 heterocycles. The highest BCUT2D eigenvalue weighted by atomic mass is 16.5. The number of para-hydroxylation sites is 1. The number of amides is 1. The fraction of sp³-hybridized carbons (Fsp3) is 0.409. The zero-order valence-corrected chi connectivity index (χ0v) is 16.2. The number of anilines is 2. The first-order chi connectivity index (χ1) is 13.2. The monoisotopic (exact) mass is 367 g/mol. The molecule has 0 atom stereocenters. The van der Waals surface area contributed by atoms with E-state index < -0.39 is 0 Å². The van der Waals surface area contributed by atoms with Crippen molar-refractivity contribution >= 4 is 17.3 Å². The molecule has 1 amide bonds. The molecule has 5 nitrogen and oxygen atoms in total. The maximum Gasteiger partial charge on any atom is 0.225 e. The van der Waals surface area contributed by atoms with Crippen molar-refractivity contribution in [2.45, 2.75) is 32.2 Å². The first kappa shape index (κ1) is 19.2. The van der Waals surface area contributed by atoms with Gasteiger partial charge in [-0.25, -0.2) is 0 Å². The minimum Gasteiger partial charge on any atom is -0.497 e. The van der Waals surface area contributed by atoms with E-state index in [0.29, 0.717) is 19.0 Å². The van der Waals surface area contributed by atoms with Crippen molar-refractivity contribution in [3.63, 3.8) is 0 Å². The van der Waals surface area contributed by atoms with Gasteiger partial charge in [0, 0.05) is 49.5 Å². The smallest absolute Gasteiger partial charge is 0.225 e. The first-order valence-electron chi connectivity index (χ1n) is 9.63. The molecule has 2 aromatic rings. The minimum absolute atomic E-state index is 0.0608. The molecule has 0 spiro atoms. The van der Waals surface area contributed by atoms with E-state index in [2.05, 4.69) is 27.7 Å². The molecule has 1 aliphatic rings. The Balaban J connectivity index is 1.38. The molecule has 0 aromatic heterocycles. The molecule has 0 aliphatic carbocycles. The van der Waals surface area contributed by atoms with Crippen molar-refractivity contribution < 1.29 is 9.53 Å². The maximum absolute atomic E-state index is 12.1. The van der Waals surface area contributed by atoms with Crippen molar-refractivity contribution in [2.75, 3.05) is 37.0 Å². The Morgan fingerprint density at radius 1 is 1.15 bits per heavy atom. The van der Waals surface area contributed by atoms with E-state index in [1.807, 2.05) is 43.3 Å². The topological polar surface area (TPSA) is 53.6 Å². The summed E-state index contributed by atoms with van der Waals surface area (Å²) in [6, 6.07) is 16.6. The Hall–Kier alpha value is -2.53. The van der Waals surface area contributed by atoms with E-state index >= 15 is 0 Å². The third-order valence-electron chi connectivity index (χ3n) is 5.12. The third-order valence-corrected chi connectivity index (χ3v) is 5.12. The molecule has 3 rings (SSSR count). The highest BCUT2D eigenvalue weighted by Gasteiger charge is 2.19. The van der Waals surface area contributed by atoms with Gasteiger partial charge in [-0.15, -0.1) is 0 Å². The van der Waals surface area contributed by atoms with E-state index in [9.17, 15) is 4.79 Å². The van der Waals surface area contributed by atoms with Crippen LogP contribution in [0, 0.1) is 6.92 Å². The average Bonchev–Trinajstić information content (AvgIpc) is 2.70. The van der Waals surface area contributed by atoms with E-state index in [1.165, 1.54) is 5.69 Å². The second kappa shape index (κ2) is 9.42. The van der Waals surface area contributed by atoms with Crippen molar-refractivity contribution in [2.24, 2.45) is 0 Å². The molecule has 27 heavy (non-hydrogen) atoms. The van der Waals surface area contributed by atoms with Gasteiger partial charge in [0.05, 0.1) is 7.11 Å². The summed E-state index contributed by atoms with van der Waals surface area (Å²) in [5.74, 6) is 0.957. The number of ether oxygens (including phenoxy) is 1. The Morgan fingerprint density at radius 3 is 2.67 bits per heavy atom. The molecule has 0 unspecified atom stereocenters. The number of methoxy groups -OCH3 is 1. The van der Waals surface area contributed by atoms with Crippen LogP contribution in [0.5, 0.6) is 5.75 Å². The quantitative estimate of drug-likeness (QED) is 0.785. The predicted octanol–water partition coefficient (Wildman–Crippen LogP) is 3.59. The Kier molecular flexibility index (Phi) is 6.71. The number of hydrogen-bond donors (Lipinski definition) is 2. The van der Waals surface area contributed by atoms with Crippen molar-refractivity contribution in [1.82, 2.24) is 5.32 Å². The lowest BCUT2D eigenvalue weighted by atomic mass is 10.0. The number of rotatable bonds is 7. The summed E-state index contributed by atoms with van der Waals surface area (Å²) in [4.78, 5) is 14.5. The van der Waals surface area contributed by atoms with Crippen LogP contribution in [0.4, 0.5) is 11.4 Å². The van der Waals surface area contributed by atoms with Crippen LogP contribution in [0.25, 0.3) is 0 Å². The summed E-state index contributed by atoms with van der Waals surface area (Å²) >= 11 is 0. The summed E-state index contributed by atoms with van der Waals surface area (Å²) in [7, 11) is 1.70. The maximum atomic E-state index is 12.1. The SMILES string of the molecule is COc1cccc(N2CCC(NCCC(=O)Nc3ccccc3C)CC2)c1. The normalized spacial score (nSPS) is 14.8. The van der Waals surface area contributed by atoms with Gasteiger partial charge in [0.1, 0.15) is 5.75 Å². The zero-order valence-electron chi connectivity index (χ0n) is 16.2. The number of aryl methyl sites for hydroxylation is 1. The first-order valence-corrected chi connectivity index (χ1v) is 9.63. The van der Waals surface area contributed by atoms with Gasteiger partial charge in [0.2, 0.25) is 5.91 Å². The Bertz CT molecular complexity index is 755. The summed E-state index contributed by atoms with van der Waals surface area (Å²) < 4.78 is 5.32. The second-order valence-corrected chi connectivity index (χ2v) is 7.03. The standard InChI is InChI=1S/C22H29N3O2/c1-17-6-3-4-9-21(17)24-22(26)10-13-23-18-11-14-25(15-12-18)19-7-5-8-20(16-19)27-2/h3-9,16,18,23H,10-15H2,1-2H3,(H,24,26). The highest BCUT2D eigenvalue weighted by Crippen LogP contribution is 2.24. The Morgan fingerprint density at radius 2 is 1.93 bits per heavy atom. The number of carbonyl (C=O) groups is 1. The zero-order chi connectivity index (χ0) is 19.1. The summed E-state index contributed by atoms with van der Waals surface area (Å²) in [5, 5.41) is 6.52. The van der Waals surface area contributed by atoms with Crippen LogP contribution in [-0.4, -0.2) is 38.7 Å². The summed E-state index contributed by atoms with van der Waals surface area (Å²) in [6.07, 6.45) is 2.65. The van der Waals surface area contributed by atoms with Crippen LogP contribution in [-0.2, 0) is 4.79 Å². The number of nitrogens with one attached hydrogen (secondary N) is 2. The van der Waals surface area contributed by atoms with Crippen LogP contribution in [0.1, 0.15) is 24.8 Å². The highest BCUT2D eigenvalue weighted by molar-refractivity contribution is 5.91. The molecule has 0 saturated carbocycles. The molecule has 1 fully saturated rings. The van der Waals surface area contributed by atoms with Gasteiger partial charge in [0.15, 0.2) is 0 Å². The van der Waals surface area contributed by atoms with Crippen LogP contribution >= 0.6 is 0 Å². The fourth-order valence-electron chi connectivity index (χ4n) is 3.46.